The maximum absolute atomic E-state index is 13.1. The Labute approximate surface area is 202 Å². The van der Waals surface area contributed by atoms with Gasteiger partial charge in [0.05, 0.1) is 30.1 Å². The standard InChI is InChI=1S/C27H24N4O4/c1-18-9-11-19(12-10-18)27-21(17-30(29-27)20-6-3-2-4-7-20)23-16-22(24-8-5-15-35-24)28-31(23)25(32)13-14-26(33)34/h2-12,15,17,23H,13-14,16H2,1H3,(H,33,34)/t23-/m1/s1. The van der Waals surface area contributed by atoms with E-state index in [-0.39, 0.29) is 18.7 Å². The second kappa shape index (κ2) is 9.42. The molecule has 0 radical (unpaired) electrons. The molecular weight excluding hydrogens is 444 g/mol. The Balaban J connectivity index is 1.60. The van der Waals surface area contributed by atoms with Gasteiger partial charge >= 0.3 is 5.97 Å². The number of furan rings is 1. The lowest BCUT2D eigenvalue weighted by molar-refractivity contribution is -0.141. The predicted octanol–water partition coefficient (Wildman–Crippen LogP) is 4.98. The smallest absolute Gasteiger partial charge is 0.303 e. The molecule has 0 spiro atoms. The maximum Gasteiger partial charge on any atom is 0.303 e. The van der Waals surface area contributed by atoms with E-state index < -0.39 is 12.0 Å². The molecule has 1 aliphatic rings. The average molecular weight is 469 g/mol. The van der Waals surface area contributed by atoms with Crippen LogP contribution in [0.2, 0.25) is 0 Å². The van der Waals surface area contributed by atoms with Crippen LogP contribution in [0, 0.1) is 6.92 Å². The van der Waals surface area contributed by atoms with E-state index in [1.807, 2.05) is 67.7 Å². The third-order valence-corrected chi connectivity index (χ3v) is 5.97. The van der Waals surface area contributed by atoms with Gasteiger partial charge in [-0.05, 0) is 31.2 Å². The van der Waals surface area contributed by atoms with Crippen LogP contribution in [0.5, 0.6) is 0 Å². The van der Waals surface area contributed by atoms with Crippen LogP contribution in [0.4, 0.5) is 0 Å². The van der Waals surface area contributed by atoms with Gasteiger partial charge in [0.1, 0.15) is 11.5 Å². The predicted molar refractivity (Wildman–Crippen MR) is 130 cm³/mol. The first-order valence-corrected chi connectivity index (χ1v) is 11.4. The van der Waals surface area contributed by atoms with E-state index in [0.29, 0.717) is 17.9 Å². The molecule has 0 aliphatic carbocycles. The van der Waals surface area contributed by atoms with Crippen LogP contribution in [-0.2, 0) is 9.59 Å². The third kappa shape index (κ3) is 4.63. The van der Waals surface area contributed by atoms with Crippen LogP contribution in [0.25, 0.3) is 16.9 Å². The molecule has 176 valence electrons. The number of hydrogen-bond acceptors (Lipinski definition) is 5. The molecule has 0 saturated carbocycles. The molecule has 1 aliphatic heterocycles. The number of aliphatic carboxylic acids is 1. The Morgan fingerprint density at radius 1 is 1.03 bits per heavy atom. The molecule has 35 heavy (non-hydrogen) atoms. The highest BCUT2D eigenvalue weighted by atomic mass is 16.4. The fourth-order valence-electron chi connectivity index (χ4n) is 4.18. The molecule has 0 fully saturated rings. The number of amides is 1. The Bertz CT molecular complexity index is 1370. The van der Waals surface area contributed by atoms with Crippen molar-refractivity contribution in [2.24, 2.45) is 5.10 Å². The Morgan fingerprint density at radius 3 is 2.49 bits per heavy atom. The number of carbonyl (C=O) groups excluding carboxylic acids is 1. The number of hydrogen-bond donors (Lipinski definition) is 1. The van der Waals surface area contributed by atoms with Crippen LogP contribution in [0.1, 0.15) is 42.2 Å². The number of carboxylic acids is 1. The van der Waals surface area contributed by atoms with E-state index >= 15 is 0 Å². The highest BCUT2D eigenvalue weighted by molar-refractivity contribution is 6.01. The second-order valence-electron chi connectivity index (χ2n) is 8.46. The lowest BCUT2D eigenvalue weighted by Crippen LogP contribution is -2.27. The minimum atomic E-state index is -1.03. The molecule has 1 amide bonds. The summed E-state index contributed by atoms with van der Waals surface area (Å²) in [5, 5.41) is 20.0. The fraction of sp³-hybridized carbons (Fsp3) is 0.185. The minimum absolute atomic E-state index is 0.145. The van der Waals surface area contributed by atoms with Crippen molar-refractivity contribution in [3.8, 4) is 16.9 Å². The molecule has 1 atom stereocenters. The number of benzene rings is 2. The number of aryl methyl sites for hydroxylation is 1. The lowest BCUT2D eigenvalue weighted by Gasteiger charge is -2.21. The summed E-state index contributed by atoms with van der Waals surface area (Å²) in [5.41, 5.74) is 5.14. The molecule has 2 aromatic carbocycles. The van der Waals surface area contributed by atoms with Crippen molar-refractivity contribution in [1.82, 2.24) is 14.8 Å². The summed E-state index contributed by atoms with van der Waals surface area (Å²) >= 11 is 0. The summed E-state index contributed by atoms with van der Waals surface area (Å²) in [6.07, 6.45) is 3.50. The van der Waals surface area contributed by atoms with Gasteiger partial charge in [-0.1, -0.05) is 48.0 Å². The average Bonchev–Trinajstić information content (AvgIpc) is 3.63. The molecule has 0 bridgehead atoms. The molecule has 8 heteroatoms. The topological polar surface area (TPSA) is 101 Å². The number of rotatable bonds is 7. The van der Waals surface area contributed by atoms with Gasteiger partial charge in [-0.15, -0.1) is 0 Å². The Kier molecular flexibility index (Phi) is 6.01. The van der Waals surface area contributed by atoms with Crippen molar-refractivity contribution >= 4 is 17.6 Å². The first-order valence-electron chi connectivity index (χ1n) is 11.4. The van der Waals surface area contributed by atoms with Crippen molar-refractivity contribution in [2.75, 3.05) is 0 Å². The van der Waals surface area contributed by atoms with Crippen LogP contribution in [0.3, 0.4) is 0 Å². The Hall–Kier alpha value is -4.46. The maximum atomic E-state index is 13.1. The van der Waals surface area contributed by atoms with E-state index in [1.54, 1.807) is 23.1 Å². The SMILES string of the molecule is Cc1ccc(-c2nn(-c3ccccc3)cc2[C@H]2CC(c3ccco3)=NN2C(=O)CCC(=O)O)cc1. The van der Waals surface area contributed by atoms with E-state index in [4.69, 9.17) is 14.6 Å². The number of aromatic nitrogens is 2. The number of nitrogens with zero attached hydrogens (tertiary/aromatic N) is 4. The lowest BCUT2D eigenvalue weighted by atomic mass is 9.97. The summed E-state index contributed by atoms with van der Waals surface area (Å²) in [4.78, 5) is 24.2. The number of carboxylic acid groups (broad SMARTS) is 1. The van der Waals surface area contributed by atoms with Gasteiger partial charge in [0, 0.05) is 30.2 Å². The van der Waals surface area contributed by atoms with Gasteiger partial charge in [-0.25, -0.2) is 9.69 Å². The zero-order valence-electron chi connectivity index (χ0n) is 19.2. The highest BCUT2D eigenvalue weighted by Gasteiger charge is 2.36. The first-order chi connectivity index (χ1) is 17.0. The quantitative estimate of drug-likeness (QED) is 0.412. The molecular formula is C27H24N4O4. The van der Waals surface area contributed by atoms with Gasteiger partial charge in [-0.2, -0.15) is 10.2 Å². The molecule has 5 rings (SSSR count). The van der Waals surface area contributed by atoms with Crippen molar-refractivity contribution in [2.45, 2.75) is 32.2 Å². The molecule has 2 aromatic heterocycles. The van der Waals surface area contributed by atoms with Crippen molar-refractivity contribution in [1.29, 1.82) is 0 Å². The number of para-hydroxylation sites is 1. The van der Waals surface area contributed by atoms with Gasteiger partial charge < -0.3 is 9.52 Å². The molecule has 0 unspecified atom stereocenters. The van der Waals surface area contributed by atoms with Crippen molar-refractivity contribution in [3.05, 3.63) is 96.1 Å². The monoisotopic (exact) mass is 468 g/mol. The van der Waals surface area contributed by atoms with Crippen LogP contribution < -0.4 is 0 Å². The summed E-state index contributed by atoms with van der Waals surface area (Å²) in [5.74, 6) is -0.807. The largest absolute Gasteiger partial charge is 0.481 e. The van der Waals surface area contributed by atoms with E-state index in [2.05, 4.69) is 5.10 Å². The molecule has 4 aromatic rings. The van der Waals surface area contributed by atoms with Crippen LogP contribution in [-0.4, -0.2) is 37.5 Å². The van der Waals surface area contributed by atoms with Crippen LogP contribution in [0.15, 0.2) is 88.7 Å². The molecule has 0 saturated heterocycles. The first kappa shape index (κ1) is 22.3. The fourth-order valence-corrected chi connectivity index (χ4v) is 4.18. The van der Waals surface area contributed by atoms with Crippen LogP contribution >= 0.6 is 0 Å². The van der Waals surface area contributed by atoms with E-state index in [9.17, 15) is 9.59 Å². The third-order valence-electron chi connectivity index (χ3n) is 5.97. The van der Waals surface area contributed by atoms with Gasteiger partial charge in [0.2, 0.25) is 5.91 Å². The molecule has 3 heterocycles. The summed E-state index contributed by atoms with van der Waals surface area (Å²) in [6.45, 7) is 2.02. The van der Waals surface area contributed by atoms with Crippen molar-refractivity contribution in [3.63, 3.8) is 0 Å². The number of carbonyl (C=O) groups is 2. The molecule has 8 nitrogen and oxygen atoms in total. The van der Waals surface area contributed by atoms with Gasteiger partial charge in [-0.3, -0.25) is 9.59 Å². The zero-order chi connectivity index (χ0) is 24.4. The normalized spacial score (nSPS) is 15.3. The summed E-state index contributed by atoms with van der Waals surface area (Å²) < 4.78 is 7.35. The second-order valence-corrected chi connectivity index (χ2v) is 8.46. The summed E-state index contributed by atoms with van der Waals surface area (Å²) in [6, 6.07) is 20.9. The Morgan fingerprint density at radius 2 is 1.80 bits per heavy atom. The highest BCUT2D eigenvalue weighted by Crippen LogP contribution is 2.38. The van der Waals surface area contributed by atoms with E-state index in [0.717, 1.165) is 28.1 Å². The van der Waals surface area contributed by atoms with Gasteiger partial charge in [0.15, 0.2) is 0 Å². The van der Waals surface area contributed by atoms with Crippen molar-refractivity contribution < 1.29 is 19.1 Å². The van der Waals surface area contributed by atoms with E-state index in [1.165, 1.54) is 5.01 Å². The zero-order valence-corrected chi connectivity index (χ0v) is 19.2. The summed E-state index contributed by atoms with van der Waals surface area (Å²) in [7, 11) is 0. The minimum Gasteiger partial charge on any atom is -0.481 e. The van der Waals surface area contributed by atoms with Gasteiger partial charge in [0.25, 0.3) is 0 Å². The number of hydrazone groups is 1. The molecule has 1 N–H and O–H groups in total.